The molecular formula is C17H27ClN2O3. The normalized spacial score (nSPS) is 21.2. The van der Waals surface area contributed by atoms with E-state index in [1.807, 2.05) is 25.1 Å². The number of carbonyl (C=O) groups excluding carboxylic acids is 1. The maximum Gasteiger partial charge on any atom is 0.223 e. The second-order valence-electron chi connectivity index (χ2n) is 5.87. The fourth-order valence-electron chi connectivity index (χ4n) is 3.24. The minimum absolute atomic E-state index is 0. The lowest BCUT2D eigenvalue weighted by Crippen LogP contribution is -2.36. The van der Waals surface area contributed by atoms with Gasteiger partial charge in [-0.15, -0.1) is 12.4 Å². The average Bonchev–Trinajstić information content (AvgIpc) is 3.02. The molecule has 1 fully saturated rings. The monoisotopic (exact) mass is 342 g/mol. The molecule has 2 rings (SSSR count). The van der Waals surface area contributed by atoms with Crippen LogP contribution in [-0.2, 0) is 4.79 Å². The Hall–Kier alpha value is -1.46. The van der Waals surface area contributed by atoms with Gasteiger partial charge >= 0.3 is 0 Å². The van der Waals surface area contributed by atoms with Crippen molar-refractivity contribution in [1.82, 2.24) is 5.32 Å². The highest BCUT2D eigenvalue weighted by molar-refractivity contribution is 5.85. The number of rotatable bonds is 6. The Morgan fingerprint density at radius 2 is 2.09 bits per heavy atom. The largest absolute Gasteiger partial charge is 0.497 e. The number of benzene rings is 1. The van der Waals surface area contributed by atoms with Gasteiger partial charge in [0.2, 0.25) is 5.91 Å². The summed E-state index contributed by atoms with van der Waals surface area (Å²) >= 11 is 0. The lowest BCUT2D eigenvalue weighted by atomic mass is 9.94. The summed E-state index contributed by atoms with van der Waals surface area (Å²) in [6.45, 7) is 2.54. The van der Waals surface area contributed by atoms with Gasteiger partial charge in [0.15, 0.2) is 0 Å². The van der Waals surface area contributed by atoms with E-state index in [2.05, 4.69) is 5.32 Å². The second-order valence-corrected chi connectivity index (χ2v) is 5.87. The first kappa shape index (κ1) is 19.6. The smallest absolute Gasteiger partial charge is 0.223 e. The summed E-state index contributed by atoms with van der Waals surface area (Å²) in [5.41, 5.74) is 6.69. The van der Waals surface area contributed by atoms with Crippen molar-refractivity contribution in [3.63, 3.8) is 0 Å². The third kappa shape index (κ3) is 4.52. The van der Waals surface area contributed by atoms with Crippen LogP contribution in [0.25, 0.3) is 0 Å². The quantitative estimate of drug-likeness (QED) is 0.833. The van der Waals surface area contributed by atoms with E-state index in [0.717, 1.165) is 36.3 Å². The van der Waals surface area contributed by atoms with Crippen LogP contribution in [-0.4, -0.2) is 26.7 Å². The van der Waals surface area contributed by atoms with Gasteiger partial charge in [-0.1, -0.05) is 6.42 Å². The molecule has 3 atom stereocenters. The summed E-state index contributed by atoms with van der Waals surface area (Å²) in [5.74, 6) is 1.92. The molecule has 3 N–H and O–H groups in total. The molecule has 0 bridgehead atoms. The topological polar surface area (TPSA) is 73.6 Å². The van der Waals surface area contributed by atoms with Gasteiger partial charge in [0.25, 0.3) is 0 Å². The highest BCUT2D eigenvalue weighted by Gasteiger charge is 2.32. The van der Waals surface area contributed by atoms with Crippen molar-refractivity contribution in [3.8, 4) is 11.5 Å². The Morgan fingerprint density at radius 3 is 2.70 bits per heavy atom. The molecule has 1 saturated carbocycles. The molecule has 0 heterocycles. The number of hydrogen-bond donors (Lipinski definition) is 2. The first-order valence-electron chi connectivity index (χ1n) is 7.83. The second kappa shape index (κ2) is 8.99. The number of methoxy groups -OCH3 is 2. The molecule has 6 heteroatoms. The SMILES string of the molecule is COc1ccc(OC)c(C(C)NC(=O)[C@@H]2CCC[C@@H]2CN)c1.Cl. The Balaban J connectivity index is 0.00000264. The Morgan fingerprint density at radius 1 is 1.35 bits per heavy atom. The molecule has 0 spiro atoms. The number of nitrogens with one attached hydrogen (secondary N) is 1. The number of carbonyl (C=O) groups is 1. The Bertz CT molecular complexity index is 525. The van der Waals surface area contributed by atoms with E-state index in [4.69, 9.17) is 15.2 Å². The molecule has 130 valence electrons. The molecule has 0 aliphatic heterocycles. The molecule has 1 aliphatic rings. The third-order valence-electron chi connectivity index (χ3n) is 4.56. The minimum Gasteiger partial charge on any atom is -0.497 e. The minimum atomic E-state index is -0.142. The van der Waals surface area contributed by atoms with E-state index >= 15 is 0 Å². The summed E-state index contributed by atoms with van der Waals surface area (Å²) in [7, 11) is 3.25. The van der Waals surface area contributed by atoms with Crippen molar-refractivity contribution in [2.45, 2.75) is 32.2 Å². The van der Waals surface area contributed by atoms with Gasteiger partial charge in [0.05, 0.1) is 20.3 Å². The summed E-state index contributed by atoms with van der Waals surface area (Å²) in [5, 5.41) is 3.10. The van der Waals surface area contributed by atoms with Gasteiger partial charge in [-0.3, -0.25) is 4.79 Å². The van der Waals surface area contributed by atoms with Crippen LogP contribution in [0.1, 0.15) is 37.8 Å². The van der Waals surface area contributed by atoms with E-state index in [9.17, 15) is 4.79 Å². The average molecular weight is 343 g/mol. The van der Waals surface area contributed by atoms with Crippen LogP contribution >= 0.6 is 12.4 Å². The predicted octanol–water partition coefficient (Wildman–Crippen LogP) is 2.68. The van der Waals surface area contributed by atoms with Crippen molar-refractivity contribution in [3.05, 3.63) is 23.8 Å². The predicted molar refractivity (Wildman–Crippen MR) is 93.2 cm³/mol. The first-order valence-corrected chi connectivity index (χ1v) is 7.83. The molecule has 0 aromatic heterocycles. The Labute approximate surface area is 144 Å². The maximum atomic E-state index is 12.5. The first-order chi connectivity index (χ1) is 10.6. The lowest BCUT2D eigenvalue weighted by molar-refractivity contribution is -0.126. The molecule has 0 saturated heterocycles. The Kier molecular flexibility index (Phi) is 7.65. The van der Waals surface area contributed by atoms with Crippen LogP contribution in [0, 0.1) is 11.8 Å². The van der Waals surface area contributed by atoms with Gasteiger partial charge in [-0.25, -0.2) is 0 Å². The molecule has 1 aromatic rings. The number of amides is 1. The molecule has 0 radical (unpaired) electrons. The van der Waals surface area contributed by atoms with Crippen LogP contribution in [0.2, 0.25) is 0 Å². The number of halogens is 1. The fraction of sp³-hybridized carbons (Fsp3) is 0.588. The summed E-state index contributed by atoms with van der Waals surface area (Å²) in [6, 6.07) is 5.46. The molecule has 1 amide bonds. The highest BCUT2D eigenvalue weighted by Crippen LogP contribution is 2.33. The number of hydrogen-bond acceptors (Lipinski definition) is 4. The summed E-state index contributed by atoms with van der Waals surface area (Å²) in [6.07, 6.45) is 3.05. The van der Waals surface area contributed by atoms with E-state index < -0.39 is 0 Å². The van der Waals surface area contributed by atoms with Crippen molar-refractivity contribution in [2.75, 3.05) is 20.8 Å². The highest BCUT2D eigenvalue weighted by atomic mass is 35.5. The van der Waals surface area contributed by atoms with E-state index in [1.165, 1.54) is 0 Å². The van der Waals surface area contributed by atoms with Crippen LogP contribution < -0.4 is 20.5 Å². The van der Waals surface area contributed by atoms with Crippen molar-refractivity contribution in [1.29, 1.82) is 0 Å². The van der Waals surface area contributed by atoms with Gasteiger partial charge < -0.3 is 20.5 Å². The molecule has 1 aliphatic carbocycles. The molecule has 1 unspecified atom stereocenters. The van der Waals surface area contributed by atoms with Gasteiger partial charge in [-0.05, 0) is 50.4 Å². The van der Waals surface area contributed by atoms with Gasteiger partial charge in [-0.2, -0.15) is 0 Å². The number of ether oxygens (including phenoxy) is 2. The van der Waals surface area contributed by atoms with Gasteiger partial charge in [0.1, 0.15) is 11.5 Å². The maximum absolute atomic E-state index is 12.5. The fourth-order valence-corrected chi connectivity index (χ4v) is 3.24. The third-order valence-corrected chi connectivity index (χ3v) is 4.56. The van der Waals surface area contributed by atoms with Crippen molar-refractivity contribution in [2.24, 2.45) is 17.6 Å². The lowest BCUT2D eigenvalue weighted by Gasteiger charge is -2.22. The zero-order valence-electron chi connectivity index (χ0n) is 14.0. The zero-order valence-corrected chi connectivity index (χ0v) is 14.8. The van der Waals surface area contributed by atoms with Crippen molar-refractivity contribution >= 4 is 18.3 Å². The summed E-state index contributed by atoms with van der Waals surface area (Å²) < 4.78 is 10.6. The van der Waals surface area contributed by atoms with E-state index in [-0.39, 0.29) is 30.3 Å². The summed E-state index contributed by atoms with van der Waals surface area (Å²) in [4.78, 5) is 12.5. The van der Waals surface area contributed by atoms with Gasteiger partial charge in [0, 0.05) is 11.5 Å². The molecular weight excluding hydrogens is 316 g/mol. The van der Waals surface area contributed by atoms with E-state index in [1.54, 1.807) is 14.2 Å². The molecule has 5 nitrogen and oxygen atoms in total. The van der Waals surface area contributed by atoms with E-state index in [0.29, 0.717) is 12.5 Å². The van der Waals surface area contributed by atoms with Crippen LogP contribution in [0.4, 0.5) is 0 Å². The van der Waals surface area contributed by atoms with Crippen molar-refractivity contribution < 1.29 is 14.3 Å². The van der Waals surface area contributed by atoms with Crippen LogP contribution in [0.3, 0.4) is 0 Å². The zero-order chi connectivity index (χ0) is 16.1. The molecule has 1 aromatic carbocycles. The van der Waals surface area contributed by atoms with Crippen LogP contribution in [0.5, 0.6) is 11.5 Å². The molecule has 23 heavy (non-hydrogen) atoms. The number of nitrogens with two attached hydrogens (primary N) is 1. The van der Waals surface area contributed by atoms with Crippen LogP contribution in [0.15, 0.2) is 18.2 Å². The standard InChI is InChI=1S/C17H26N2O3.ClH/c1-11(15-9-13(21-2)7-8-16(15)22-3)19-17(20)14-6-4-5-12(14)10-18;/h7-9,11-12,14H,4-6,10,18H2,1-3H3,(H,19,20);1H/t11?,12-,14-;/m1./s1.